The average Bonchev–Trinajstić information content (AvgIpc) is 2.22. The van der Waals surface area contributed by atoms with Crippen LogP contribution >= 0.6 is 15.9 Å². The van der Waals surface area contributed by atoms with Gasteiger partial charge in [-0.25, -0.2) is 13.4 Å². The van der Waals surface area contributed by atoms with Gasteiger partial charge in [0.1, 0.15) is 5.82 Å². The van der Waals surface area contributed by atoms with E-state index in [4.69, 9.17) is 5.73 Å². The van der Waals surface area contributed by atoms with Crippen LogP contribution in [0.5, 0.6) is 0 Å². The minimum Gasteiger partial charge on any atom is -0.368 e. The molecule has 1 fully saturated rings. The summed E-state index contributed by atoms with van der Waals surface area (Å²) in [7, 11) is -2.88. The molecule has 1 aliphatic heterocycles. The van der Waals surface area contributed by atoms with E-state index in [0.29, 0.717) is 18.9 Å². The van der Waals surface area contributed by atoms with E-state index in [2.05, 4.69) is 25.9 Å². The Balaban J connectivity index is 2.23. The van der Waals surface area contributed by atoms with E-state index < -0.39 is 9.84 Å². The third kappa shape index (κ3) is 2.43. The smallest absolute Gasteiger partial charge is 0.222 e. The van der Waals surface area contributed by atoms with Crippen molar-refractivity contribution in [3.05, 3.63) is 10.7 Å². The Bertz CT molecular complexity index is 491. The Labute approximate surface area is 102 Å². The summed E-state index contributed by atoms with van der Waals surface area (Å²) in [6.07, 6.45) is 1.57. The predicted molar refractivity (Wildman–Crippen MR) is 65.0 cm³/mol. The summed E-state index contributed by atoms with van der Waals surface area (Å²) in [6, 6.07) is 0. The quantitative estimate of drug-likeness (QED) is 0.789. The third-order valence-corrected chi connectivity index (χ3v) is 4.56. The second kappa shape index (κ2) is 4.17. The number of hydrogen-bond acceptors (Lipinski definition) is 6. The first kappa shape index (κ1) is 11.6. The highest BCUT2D eigenvalue weighted by Crippen LogP contribution is 2.24. The van der Waals surface area contributed by atoms with Crippen LogP contribution in [0.4, 0.5) is 11.8 Å². The zero-order chi connectivity index (χ0) is 11.8. The lowest BCUT2D eigenvalue weighted by atomic mass is 10.4. The maximum Gasteiger partial charge on any atom is 0.222 e. The monoisotopic (exact) mass is 306 g/mol. The molecule has 0 amide bonds. The van der Waals surface area contributed by atoms with E-state index in [1.54, 1.807) is 6.20 Å². The number of anilines is 2. The molecule has 6 nitrogen and oxygen atoms in total. The van der Waals surface area contributed by atoms with Gasteiger partial charge in [-0.1, -0.05) is 0 Å². The van der Waals surface area contributed by atoms with Crippen molar-refractivity contribution in [1.29, 1.82) is 0 Å². The Kier molecular flexibility index (Phi) is 3.02. The average molecular weight is 307 g/mol. The fraction of sp³-hybridized carbons (Fsp3) is 0.500. The summed E-state index contributed by atoms with van der Waals surface area (Å²) in [5.41, 5.74) is 5.50. The zero-order valence-corrected chi connectivity index (χ0v) is 10.8. The Morgan fingerprint density at radius 1 is 1.38 bits per heavy atom. The Morgan fingerprint density at radius 3 is 2.62 bits per heavy atom. The van der Waals surface area contributed by atoms with Gasteiger partial charge in [0.05, 0.1) is 16.0 Å². The maximum absolute atomic E-state index is 11.3. The van der Waals surface area contributed by atoms with E-state index >= 15 is 0 Å². The minimum absolute atomic E-state index is 0.156. The van der Waals surface area contributed by atoms with Gasteiger partial charge in [-0.05, 0) is 15.9 Å². The number of hydrogen-bond donors (Lipinski definition) is 1. The zero-order valence-electron chi connectivity index (χ0n) is 8.43. The molecular weight excluding hydrogens is 296 g/mol. The molecule has 0 atom stereocenters. The number of sulfone groups is 1. The Hall–Kier alpha value is -0.890. The van der Waals surface area contributed by atoms with Crippen molar-refractivity contribution >= 4 is 37.5 Å². The van der Waals surface area contributed by atoms with Gasteiger partial charge in [0.2, 0.25) is 5.95 Å². The second-order valence-corrected chi connectivity index (χ2v) is 6.70. The number of nitrogens with zero attached hydrogens (tertiary/aromatic N) is 3. The van der Waals surface area contributed by atoms with E-state index in [1.807, 2.05) is 4.90 Å². The van der Waals surface area contributed by atoms with Gasteiger partial charge in [-0.15, -0.1) is 0 Å². The van der Waals surface area contributed by atoms with Crippen molar-refractivity contribution in [2.45, 2.75) is 0 Å². The van der Waals surface area contributed by atoms with E-state index in [-0.39, 0.29) is 17.5 Å². The van der Waals surface area contributed by atoms with Crippen LogP contribution in [0.2, 0.25) is 0 Å². The maximum atomic E-state index is 11.3. The van der Waals surface area contributed by atoms with Gasteiger partial charge < -0.3 is 10.6 Å². The standard InChI is InChI=1S/C8H11BrN4O2S/c9-6-5-11-8(10)12-7(6)13-1-3-16(14,15)4-2-13/h5H,1-4H2,(H2,10,11,12). The number of nitrogens with two attached hydrogens (primary N) is 1. The fourth-order valence-corrected chi connectivity index (χ4v) is 3.16. The SMILES string of the molecule is Nc1ncc(Br)c(N2CCS(=O)(=O)CC2)n1. The molecule has 0 saturated carbocycles. The number of nitrogen functional groups attached to an aromatic ring is 1. The van der Waals surface area contributed by atoms with Gasteiger partial charge in [0.25, 0.3) is 0 Å². The molecule has 0 radical (unpaired) electrons. The van der Waals surface area contributed by atoms with Gasteiger partial charge >= 0.3 is 0 Å². The summed E-state index contributed by atoms with van der Waals surface area (Å²) >= 11 is 3.32. The molecule has 8 heteroatoms. The fourth-order valence-electron chi connectivity index (χ4n) is 1.52. The lowest BCUT2D eigenvalue weighted by molar-refractivity contribution is 0.586. The summed E-state index contributed by atoms with van der Waals surface area (Å²) in [6.45, 7) is 0.884. The molecule has 1 saturated heterocycles. The van der Waals surface area contributed by atoms with Gasteiger partial charge in [-0.2, -0.15) is 4.98 Å². The number of aromatic nitrogens is 2. The first-order chi connectivity index (χ1) is 7.48. The van der Waals surface area contributed by atoms with Gasteiger partial charge in [0, 0.05) is 19.3 Å². The lowest BCUT2D eigenvalue weighted by Gasteiger charge is -2.28. The normalized spacial score (nSPS) is 19.7. The number of halogens is 1. The third-order valence-electron chi connectivity index (χ3n) is 2.39. The van der Waals surface area contributed by atoms with E-state index in [1.165, 1.54) is 0 Å². The molecule has 2 heterocycles. The molecule has 88 valence electrons. The van der Waals surface area contributed by atoms with Crippen molar-refractivity contribution in [2.75, 3.05) is 35.2 Å². The highest BCUT2D eigenvalue weighted by atomic mass is 79.9. The number of rotatable bonds is 1. The van der Waals surface area contributed by atoms with Crippen LogP contribution in [0.25, 0.3) is 0 Å². The molecule has 16 heavy (non-hydrogen) atoms. The highest BCUT2D eigenvalue weighted by molar-refractivity contribution is 9.10. The molecule has 2 N–H and O–H groups in total. The molecule has 1 aliphatic rings. The molecule has 0 aromatic carbocycles. The largest absolute Gasteiger partial charge is 0.368 e. The predicted octanol–water partition coefficient (Wildman–Crippen LogP) is 0.0561. The molecular formula is C8H11BrN4O2S. The van der Waals surface area contributed by atoms with Crippen LogP contribution in [0.1, 0.15) is 0 Å². The topological polar surface area (TPSA) is 89.2 Å². The van der Waals surface area contributed by atoms with Crippen LogP contribution in [0.3, 0.4) is 0 Å². The van der Waals surface area contributed by atoms with Crippen molar-refractivity contribution < 1.29 is 8.42 Å². The molecule has 0 aliphatic carbocycles. The van der Waals surface area contributed by atoms with Crippen molar-refractivity contribution in [3.8, 4) is 0 Å². The molecule has 1 aromatic heterocycles. The summed E-state index contributed by atoms with van der Waals surface area (Å²) in [5, 5.41) is 0. The molecule has 0 bridgehead atoms. The van der Waals surface area contributed by atoms with Crippen molar-refractivity contribution in [3.63, 3.8) is 0 Å². The van der Waals surface area contributed by atoms with Crippen LogP contribution in [-0.4, -0.2) is 43.0 Å². The molecule has 0 spiro atoms. The van der Waals surface area contributed by atoms with Gasteiger partial charge in [0.15, 0.2) is 9.84 Å². The van der Waals surface area contributed by atoms with E-state index in [9.17, 15) is 8.42 Å². The lowest BCUT2D eigenvalue weighted by Crippen LogP contribution is -2.41. The molecule has 0 unspecified atom stereocenters. The minimum atomic E-state index is -2.88. The van der Waals surface area contributed by atoms with Crippen LogP contribution < -0.4 is 10.6 Å². The van der Waals surface area contributed by atoms with E-state index in [0.717, 1.165) is 4.47 Å². The second-order valence-electron chi connectivity index (χ2n) is 3.54. The summed E-state index contributed by atoms with van der Waals surface area (Å²) in [5.74, 6) is 1.15. The summed E-state index contributed by atoms with van der Waals surface area (Å²) in [4.78, 5) is 9.82. The first-order valence-electron chi connectivity index (χ1n) is 4.71. The van der Waals surface area contributed by atoms with Crippen LogP contribution in [0, 0.1) is 0 Å². The molecule has 1 aromatic rings. The first-order valence-corrected chi connectivity index (χ1v) is 7.33. The Morgan fingerprint density at radius 2 is 2.00 bits per heavy atom. The highest BCUT2D eigenvalue weighted by Gasteiger charge is 2.23. The van der Waals surface area contributed by atoms with Crippen molar-refractivity contribution in [2.24, 2.45) is 0 Å². The summed E-state index contributed by atoms with van der Waals surface area (Å²) < 4.78 is 23.3. The van der Waals surface area contributed by atoms with Gasteiger partial charge in [-0.3, -0.25) is 0 Å². The van der Waals surface area contributed by atoms with Crippen LogP contribution in [-0.2, 0) is 9.84 Å². The van der Waals surface area contributed by atoms with Crippen molar-refractivity contribution in [1.82, 2.24) is 9.97 Å². The molecule has 2 rings (SSSR count). The van der Waals surface area contributed by atoms with Crippen LogP contribution in [0.15, 0.2) is 10.7 Å².